The molecule has 0 aliphatic heterocycles. The molecule has 0 fully saturated rings. The molecule has 5 nitrogen and oxygen atoms in total. The number of H-pyrrole nitrogens is 1. The molecule has 2 aromatic carbocycles. The minimum atomic E-state index is -0.119. The van der Waals surface area contributed by atoms with Crippen molar-refractivity contribution in [1.82, 2.24) is 15.3 Å². The Labute approximate surface area is 169 Å². The van der Waals surface area contributed by atoms with Crippen LogP contribution in [-0.2, 0) is 11.2 Å². The van der Waals surface area contributed by atoms with Gasteiger partial charge in [0.05, 0.1) is 18.1 Å². The summed E-state index contributed by atoms with van der Waals surface area (Å²) in [7, 11) is 1.64. The number of pyridine rings is 1. The maximum atomic E-state index is 12.3. The summed E-state index contributed by atoms with van der Waals surface area (Å²) >= 11 is 0. The van der Waals surface area contributed by atoms with Crippen molar-refractivity contribution in [2.45, 2.75) is 13.3 Å². The van der Waals surface area contributed by atoms with Gasteiger partial charge in [0.25, 0.3) is 0 Å². The monoisotopic (exact) mass is 385 g/mol. The molecule has 2 heterocycles. The van der Waals surface area contributed by atoms with Gasteiger partial charge in [0.15, 0.2) is 0 Å². The number of benzene rings is 2. The summed E-state index contributed by atoms with van der Waals surface area (Å²) < 4.78 is 5.36. The number of para-hydroxylation sites is 2. The van der Waals surface area contributed by atoms with Gasteiger partial charge in [-0.3, -0.25) is 9.78 Å². The van der Waals surface area contributed by atoms with Crippen LogP contribution in [0.5, 0.6) is 5.75 Å². The normalized spacial score (nSPS) is 11.4. The summed E-state index contributed by atoms with van der Waals surface area (Å²) in [4.78, 5) is 20.1. The molecule has 146 valence electrons. The van der Waals surface area contributed by atoms with E-state index in [2.05, 4.69) is 33.5 Å². The molecule has 2 aromatic heterocycles. The maximum absolute atomic E-state index is 12.3. The third kappa shape index (κ3) is 3.99. The van der Waals surface area contributed by atoms with Crippen LogP contribution in [-0.4, -0.2) is 29.5 Å². The fourth-order valence-electron chi connectivity index (χ4n) is 3.51. The van der Waals surface area contributed by atoms with E-state index in [1.54, 1.807) is 13.2 Å². The van der Waals surface area contributed by atoms with Crippen LogP contribution in [0.3, 0.4) is 0 Å². The molecule has 0 spiro atoms. The number of aromatic amines is 1. The Morgan fingerprint density at radius 1 is 1.17 bits per heavy atom. The second-order valence-electron chi connectivity index (χ2n) is 6.94. The van der Waals surface area contributed by atoms with Crippen molar-refractivity contribution in [1.29, 1.82) is 0 Å². The highest BCUT2D eigenvalue weighted by molar-refractivity contribution is 5.97. The number of ether oxygens (including phenoxy) is 1. The molecule has 0 atom stereocenters. The summed E-state index contributed by atoms with van der Waals surface area (Å²) in [5.74, 6) is 0.664. The van der Waals surface area contributed by atoms with Crippen molar-refractivity contribution in [2.24, 2.45) is 0 Å². The van der Waals surface area contributed by atoms with Gasteiger partial charge in [-0.1, -0.05) is 36.4 Å². The fraction of sp³-hybridized carbons (Fsp3) is 0.167. The number of aromatic nitrogens is 2. The largest absolute Gasteiger partial charge is 0.495 e. The van der Waals surface area contributed by atoms with Crippen molar-refractivity contribution < 1.29 is 9.53 Å². The highest BCUT2D eigenvalue weighted by Crippen LogP contribution is 2.27. The molecule has 0 aliphatic rings. The fourth-order valence-corrected chi connectivity index (χ4v) is 3.51. The minimum Gasteiger partial charge on any atom is -0.495 e. The Morgan fingerprint density at radius 2 is 2.03 bits per heavy atom. The van der Waals surface area contributed by atoms with E-state index in [0.29, 0.717) is 6.54 Å². The molecule has 5 heteroatoms. The van der Waals surface area contributed by atoms with Gasteiger partial charge in [0, 0.05) is 40.8 Å². The first-order chi connectivity index (χ1) is 14.2. The van der Waals surface area contributed by atoms with E-state index in [-0.39, 0.29) is 5.91 Å². The van der Waals surface area contributed by atoms with Crippen molar-refractivity contribution >= 4 is 33.8 Å². The van der Waals surface area contributed by atoms with E-state index < -0.39 is 0 Å². The minimum absolute atomic E-state index is 0.119. The van der Waals surface area contributed by atoms with Gasteiger partial charge in [-0.25, -0.2) is 0 Å². The predicted octanol–water partition coefficient (Wildman–Crippen LogP) is 4.41. The second-order valence-corrected chi connectivity index (χ2v) is 6.94. The lowest BCUT2D eigenvalue weighted by molar-refractivity contribution is -0.116. The topological polar surface area (TPSA) is 67.0 Å². The van der Waals surface area contributed by atoms with Crippen molar-refractivity contribution in [2.75, 3.05) is 13.7 Å². The Hall–Kier alpha value is -3.60. The lowest BCUT2D eigenvalue weighted by Crippen LogP contribution is -2.23. The number of methoxy groups -OCH3 is 1. The highest BCUT2D eigenvalue weighted by atomic mass is 16.5. The van der Waals surface area contributed by atoms with Gasteiger partial charge in [-0.2, -0.15) is 0 Å². The van der Waals surface area contributed by atoms with Gasteiger partial charge in [-0.05, 0) is 37.1 Å². The molecule has 0 bridgehead atoms. The molecule has 4 aromatic rings. The van der Waals surface area contributed by atoms with E-state index >= 15 is 0 Å². The summed E-state index contributed by atoms with van der Waals surface area (Å²) in [5, 5.41) is 5.09. The summed E-state index contributed by atoms with van der Waals surface area (Å²) in [6.45, 7) is 2.54. The number of carbonyl (C=O) groups excluding carboxylic acids is 1. The average Bonchev–Trinajstić information content (AvgIpc) is 3.16. The molecule has 0 saturated heterocycles. The number of nitrogens with one attached hydrogen (secondary N) is 2. The van der Waals surface area contributed by atoms with Gasteiger partial charge >= 0.3 is 0 Å². The molecular formula is C24H23N3O2. The van der Waals surface area contributed by atoms with E-state index in [4.69, 9.17) is 4.74 Å². The van der Waals surface area contributed by atoms with Crippen LogP contribution in [0, 0.1) is 6.92 Å². The Bertz CT molecular complexity index is 1210. The van der Waals surface area contributed by atoms with E-state index in [1.807, 2.05) is 49.5 Å². The third-order valence-corrected chi connectivity index (χ3v) is 4.98. The lowest BCUT2D eigenvalue weighted by atomic mass is 10.1. The average molecular weight is 385 g/mol. The van der Waals surface area contributed by atoms with Crippen LogP contribution in [0.2, 0.25) is 0 Å². The molecule has 0 radical (unpaired) electrons. The van der Waals surface area contributed by atoms with E-state index in [9.17, 15) is 4.79 Å². The quantitative estimate of drug-likeness (QED) is 0.483. The number of carbonyl (C=O) groups is 1. The van der Waals surface area contributed by atoms with Crippen molar-refractivity contribution in [3.05, 3.63) is 77.6 Å². The third-order valence-electron chi connectivity index (χ3n) is 4.98. The standard InChI is InChI=1S/C24H23N3O2/c1-16-9-10-17-5-3-6-18(23(17)27-16)13-14-25-22(28)12-11-19-15-26-24-20(19)7-4-8-21(24)29-2/h3-12,15,26H,13-14H2,1-2H3,(H,25,28)/b12-11+. The van der Waals surface area contributed by atoms with Crippen LogP contribution < -0.4 is 10.1 Å². The smallest absolute Gasteiger partial charge is 0.244 e. The number of hydrogen-bond acceptors (Lipinski definition) is 3. The summed E-state index contributed by atoms with van der Waals surface area (Å²) in [5.41, 5.74) is 5.01. The van der Waals surface area contributed by atoms with E-state index in [1.165, 1.54) is 0 Å². The zero-order valence-corrected chi connectivity index (χ0v) is 16.5. The number of amides is 1. The molecule has 0 unspecified atom stereocenters. The second kappa shape index (κ2) is 8.19. The maximum Gasteiger partial charge on any atom is 0.244 e. The molecule has 2 N–H and O–H groups in total. The zero-order chi connectivity index (χ0) is 20.2. The molecule has 29 heavy (non-hydrogen) atoms. The van der Waals surface area contributed by atoms with Crippen molar-refractivity contribution in [3.8, 4) is 5.75 Å². The van der Waals surface area contributed by atoms with Crippen molar-refractivity contribution in [3.63, 3.8) is 0 Å². The highest BCUT2D eigenvalue weighted by Gasteiger charge is 2.07. The summed E-state index contributed by atoms with van der Waals surface area (Å²) in [6.07, 6.45) is 5.99. The van der Waals surface area contributed by atoms with Crippen LogP contribution in [0.25, 0.3) is 27.9 Å². The molecular weight excluding hydrogens is 362 g/mol. The van der Waals surface area contributed by atoms with Crippen LogP contribution >= 0.6 is 0 Å². The Kier molecular flexibility index (Phi) is 5.29. The predicted molar refractivity (Wildman–Crippen MR) is 117 cm³/mol. The van der Waals surface area contributed by atoms with Crippen LogP contribution in [0.1, 0.15) is 16.8 Å². The van der Waals surface area contributed by atoms with E-state index in [0.717, 1.165) is 50.8 Å². The van der Waals surface area contributed by atoms with Crippen LogP contribution in [0.4, 0.5) is 0 Å². The first-order valence-corrected chi connectivity index (χ1v) is 9.61. The first kappa shape index (κ1) is 18.7. The molecule has 4 rings (SSSR count). The van der Waals surface area contributed by atoms with Crippen LogP contribution in [0.15, 0.2) is 60.8 Å². The Morgan fingerprint density at radius 3 is 2.90 bits per heavy atom. The molecule has 0 saturated carbocycles. The number of rotatable bonds is 6. The number of fused-ring (bicyclic) bond motifs is 2. The van der Waals surface area contributed by atoms with Gasteiger partial charge in [-0.15, -0.1) is 0 Å². The molecule has 0 aliphatic carbocycles. The SMILES string of the molecule is COc1cccc2c(/C=C/C(=O)NCCc3cccc4ccc(C)nc34)c[nH]c12. The number of hydrogen-bond donors (Lipinski definition) is 2. The summed E-state index contributed by atoms with van der Waals surface area (Å²) in [6, 6.07) is 16.1. The Balaban J connectivity index is 1.41. The van der Waals surface area contributed by atoms with Gasteiger partial charge < -0.3 is 15.0 Å². The number of nitrogens with zero attached hydrogens (tertiary/aromatic N) is 1. The van der Waals surface area contributed by atoms with Gasteiger partial charge in [0.2, 0.25) is 5.91 Å². The van der Waals surface area contributed by atoms with Gasteiger partial charge in [0.1, 0.15) is 5.75 Å². The lowest BCUT2D eigenvalue weighted by Gasteiger charge is -2.07. The zero-order valence-electron chi connectivity index (χ0n) is 16.5. The first-order valence-electron chi connectivity index (χ1n) is 9.61. The molecule has 1 amide bonds. The number of aryl methyl sites for hydroxylation is 1.